The fraction of sp³-hybridized carbons (Fsp3) is 0.440. The normalized spacial score (nSPS) is 22.9. The average molecular weight is 539 g/mol. The second kappa shape index (κ2) is 13.6. The molecule has 0 amide bonds. The van der Waals surface area contributed by atoms with Crippen molar-refractivity contribution in [1.29, 1.82) is 0 Å². The summed E-state index contributed by atoms with van der Waals surface area (Å²) in [5, 5.41) is 7.58. The van der Waals surface area contributed by atoms with Gasteiger partial charge in [0.25, 0.3) is 0 Å². The van der Waals surface area contributed by atoms with Gasteiger partial charge in [0, 0.05) is 24.5 Å². The van der Waals surface area contributed by atoms with Crippen LogP contribution in [0.4, 0.5) is 0 Å². The van der Waals surface area contributed by atoms with E-state index in [9.17, 15) is 20.7 Å². The first-order chi connectivity index (χ1) is 18.2. The van der Waals surface area contributed by atoms with Gasteiger partial charge in [-0.15, -0.1) is 0 Å². The number of rotatable bonds is 11. The Morgan fingerprint density at radius 2 is 1.45 bits per heavy atom. The van der Waals surface area contributed by atoms with Crippen molar-refractivity contribution in [3.05, 3.63) is 92.7 Å². The molecule has 0 aliphatic carbocycles. The summed E-state index contributed by atoms with van der Waals surface area (Å²) in [6, 6.07) is 15.0. The molecular formula is C25H30N6O6Si. The van der Waals surface area contributed by atoms with Crippen molar-refractivity contribution in [3.63, 3.8) is 0 Å². The molecule has 200 valence electrons. The number of carbonyl (C=O) groups excluding carboxylic acids is 2. The molecule has 13 heteroatoms. The molecule has 1 heterocycles. The Kier molecular flexibility index (Phi) is 10.3. The molecule has 1 aliphatic heterocycles. The molecule has 2 unspecified atom stereocenters. The van der Waals surface area contributed by atoms with Crippen LogP contribution in [0.1, 0.15) is 20.7 Å². The van der Waals surface area contributed by atoms with E-state index in [0.29, 0.717) is 12.2 Å². The molecule has 0 N–H and O–H groups in total. The lowest BCUT2D eigenvalue weighted by Gasteiger charge is -2.42. The van der Waals surface area contributed by atoms with Crippen LogP contribution >= 0.6 is 0 Å². The van der Waals surface area contributed by atoms with Crippen molar-refractivity contribution >= 4 is 20.0 Å². The molecule has 1 saturated heterocycles. The summed E-state index contributed by atoms with van der Waals surface area (Å²) in [5.41, 5.74) is 19.2. The second-order valence-electron chi connectivity index (χ2n) is 9.82. The average Bonchev–Trinajstić information content (AvgIpc) is 2.90. The van der Waals surface area contributed by atoms with Gasteiger partial charge >= 0.3 is 11.9 Å². The summed E-state index contributed by atoms with van der Waals surface area (Å²) in [7, 11) is -1.49. The van der Waals surface area contributed by atoms with Crippen LogP contribution < -0.4 is 0 Å². The molecule has 1 fully saturated rings. The molecule has 0 saturated carbocycles. The number of nitrogens with zero attached hydrogens (tertiary/aromatic N) is 6. The minimum Gasteiger partial charge on any atom is -0.459 e. The van der Waals surface area contributed by atoms with Crippen molar-refractivity contribution < 1.29 is 28.5 Å². The van der Waals surface area contributed by atoms with Gasteiger partial charge in [0.05, 0.1) is 11.1 Å². The molecule has 0 radical (unpaired) electrons. The van der Waals surface area contributed by atoms with Crippen LogP contribution in [0.2, 0.25) is 25.7 Å². The third-order valence-electron chi connectivity index (χ3n) is 5.79. The molecule has 3 rings (SSSR count). The Balaban J connectivity index is 1.90. The van der Waals surface area contributed by atoms with E-state index in [-0.39, 0.29) is 12.2 Å². The molecule has 2 aromatic carbocycles. The van der Waals surface area contributed by atoms with Crippen LogP contribution in [-0.4, -0.2) is 63.8 Å². The van der Waals surface area contributed by atoms with E-state index in [0.717, 1.165) is 6.04 Å². The topological polar surface area (TPSA) is 169 Å². The fourth-order valence-corrected chi connectivity index (χ4v) is 4.49. The highest BCUT2D eigenvalue weighted by Crippen LogP contribution is 2.31. The van der Waals surface area contributed by atoms with E-state index < -0.39 is 50.6 Å². The summed E-state index contributed by atoms with van der Waals surface area (Å²) in [4.78, 5) is 31.3. The SMILES string of the molecule is C[Si](C)(C)CCO[C@@H]1OC(COC(=O)c2ccccc2)[C@@H](N=[N+]=[N-])[C@H](OC(=O)c2ccccc2)C1N=[N+]=[N-]. The summed E-state index contributed by atoms with van der Waals surface area (Å²) in [5.74, 6) is -1.32. The number of carbonyl (C=O) groups is 2. The van der Waals surface area contributed by atoms with Crippen molar-refractivity contribution in [2.24, 2.45) is 10.2 Å². The van der Waals surface area contributed by atoms with E-state index in [2.05, 4.69) is 39.7 Å². The minimum atomic E-state index is -1.49. The monoisotopic (exact) mass is 538 g/mol. The highest BCUT2D eigenvalue weighted by atomic mass is 28.3. The van der Waals surface area contributed by atoms with E-state index >= 15 is 0 Å². The Hall–Kier alpha value is -3.86. The highest BCUT2D eigenvalue weighted by Gasteiger charge is 2.49. The molecule has 38 heavy (non-hydrogen) atoms. The third-order valence-corrected chi connectivity index (χ3v) is 7.49. The van der Waals surface area contributed by atoms with Gasteiger partial charge in [-0.05, 0) is 41.4 Å². The molecule has 0 spiro atoms. The van der Waals surface area contributed by atoms with Crippen molar-refractivity contribution in [2.75, 3.05) is 13.2 Å². The lowest BCUT2D eigenvalue weighted by molar-refractivity contribution is -0.235. The van der Waals surface area contributed by atoms with E-state index in [1.54, 1.807) is 60.7 Å². The van der Waals surface area contributed by atoms with Crippen LogP contribution in [0.5, 0.6) is 0 Å². The highest BCUT2D eigenvalue weighted by molar-refractivity contribution is 6.76. The van der Waals surface area contributed by atoms with Gasteiger partial charge < -0.3 is 18.9 Å². The summed E-state index contributed by atoms with van der Waals surface area (Å²) >= 11 is 0. The van der Waals surface area contributed by atoms with Gasteiger partial charge in [0.1, 0.15) is 30.9 Å². The molecule has 1 aliphatic rings. The zero-order chi connectivity index (χ0) is 27.5. The smallest absolute Gasteiger partial charge is 0.338 e. The number of azide groups is 2. The van der Waals surface area contributed by atoms with Crippen LogP contribution in [0, 0.1) is 0 Å². The van der Waals surface area contributed by atoms with Crippen molar-refractivity contribution in [3.8, 4) is 0 Å². The van der Waals surface area contributed by atoms with Crippen LogP contribution in [0.3, 0.4) is 0 Å². The number of benzene rings is 2. The lowest BCUT2D eigenvalue weighted by Crippen LogP contribution is -2.59. The van der Waals surface area contributed by atoms with Crippen molar-refractivity contribution in [2.45, 2.75) is 56.3 Å². The van der Waals surface area contributed by atoms with Gasteiger partial charge in [-0.25, -0.2) is 9.59 Å². The largest absolute Gasteiger partial charge is 0.459 e. The number of ether oxygens (including phenoxy) is 4. The maximum atomic E-state index is 13.0. The Labute approximate surface area is 221 Å². The first-order valence-corrected chi connectivity index (χ1v) is 15.8. The molecule has 5 atom stereocenters. The standard InChI is InChI=1S/C25H30N6O6Si/c1-38(2,3)15-14-34-25-21(29-31-27)22(37-24(33)18-12-8-5-9-13-18)20(28-30-26)19(36-25)16-35-23(32)17-10-6-4-7-11-17/h4-13,19-22,25H,14-16H2,1-3H3/t19?,20-,21?,22+,25-/m1/s1. The summed E-state index contributed by atoms with van der Waals surface area (Å²) < 4.78 is 23.2. The predicted octanol–water partition coefficient (Wildman–Crippen LogP) is 5.51. The number of esters is 2. The second-order valence-corrected chi connectivity index (χ2v) is 15.4. The quantitative estimate of drug-likeness (QED) is 0.120. The van der Waals surface area contributed by atoms with Crippen LogP contribution in [0.25, 0.3) is 20.9 Å². The molecule has 0 bridgehead atoms. The number of hydrogen-bond donors (Lipinski definition) is 0. The molecule has 12 nitrogen and oxygen atoms in total. The lowest BCUT2D eigenvalue weighted by atomic mass is 9.95. The fourth-order valence-electron chi connectivity index (χ4n) is 3.76. The predicted molar refractivity (Wildman–Crippen MR) is 141 cm³/mol. The van der Waals surface area contributed by atoms with E-state index in [4.69, 9.17) is 18.9 Å². The van der Waals surface area contributed by atoms with Gasteiger partial charge in [-0.3, -0.25) is 0 Å². The maximum absolute atomic E-state index is 13.0. The Morgan fingerprint density at radius 1 is 0.895 bits per heavy atom. The van der Waals surface area contributed by atoms with Gasteiger partial charge in [0.15, 0.2) is 6.29 Å². The van der Waals surface area contributed by atoms with Crippen LogP contribution in [-0.2, 0) is 18.9 Å². The third kappa shape index (κ3) is 8.07. The first-order valence-electron chi connectivity index (χ1n) is 12.1. The number of hydrogen-bond acceptors (Lipinski definition) is 8. The molecule has 2 aromatic rings. The van der Waals surface area contributed by atoms with E-state index in [1.807, 2.05) is 0 Å². The minimum absolute atomic E-state index is 0.252. The van der Waals surface area contributed by atoms with Gasteiger partial charge in [0.2, 0.25) is 0 Å². The van der Waals surface area contributed by atoms with Gasteiger partial charge in [-0.2, -0.15) is 0 Å². The Bertz CT molecular complexity index is 1180. The first kappa shape index (κ1) is 28.7. The van der Waals surface area contributed by atoms with Gasteiger partial charge in [-0.1, -0.05) is 66.3 Å². The van der Waals surface area contributed by atoms with Crippen molar-refractivity contribution in [1.82, 2.24) is 0 Å². The summed E-state index contributed by atoms with van der Waals surface area (Å²) in [6.07, 6.45) is -3.43. The zero-order valence-corrected chi connectivity index (χ0v) is 22.4. The zero-order valence-electron chi connectivity index (χ0n) is 21.4. The molecule has 0 aromatic heterocycles. The molecular weight excluding hydrogens is 508 g/mol. The van der Waals surface area contributed by atoms with Crippen LogP contribution in [0.15, 0.2) is 70.9 Å². The Morgan fingerprint density at radius 3 is 2.00 bits per heavy atom. The van der Waals surface area contributed by atoms with E-state index in [1.165, 1.54) is 0 Å². The maximum Gasteiger partial charge on any atom is 0.338 e. The summed E-state index contributed by atoms with van der Waals surface area (Å²) in [6.45, 7) is 6.51.